The number of carbonyl (C=O) groups is 1. The number of benzene rings is 2. The smallest absolute Gasteiger partial charge is 0.140 e. The molecule has 34 heavy (non-hydrogen) atoms. The van der Waals surface area contributed by atoms with E-state index in [4.69, 9.17) is 0 Å². The summed E-state index contributed by atoms with van der Waals surface area (Å²) in [5, 5.41) is 0. The molecule has 1 unspecified atom stereocenters. The Kier molecular flexibility index (Phi) is 7.81. The van der Waals surface area contributed by atoms with Gasteiger partial charge in [-0.1, -0.05) is 80.3 Å². The second-order valence-electron chi connectivity index (χ2n) is 11.1. The first kappa shape index (κ1) is 23.8. The van der Waals surface area contributed by atoms with Crippen LogP contribution in [0.2, 0.25) is 0 Å². The predicted octanol–water partition coefficient (Wildman–Crippen LogP) is 6.22. The van der Waals surface area contributed by atoms with Gasteiger partial charge in [0.05, 0.1) is 5.54 Å². The van der Waals surface area contributed by atoms with Gasteiger partial charge in [0.15, 0.2) is 0 Å². The molecular weight excluding hydrogens is 416 g/mol. The van der Waals surface area contributed by atoms with Crippen LogP contribution in [0, 0.1) is 5.92 Å². The molecule has 3 nitrogen and oxygen atoms in total. The minimum atomic E-state index is -0.253. The van der Waals surface area contributed by atoms with Gasteiger partial charge in [0.1, 0.15) is 6.29 Å². The Balaban J connectivity index is 1.25. The quantitative estimate of drug-likeness (QED) is 0.363. The summed E-state index contributed by atoms with van der Waals surface area (Å²) in [5.41, 5.74) is 4.22. The SMILES string of the molecule is O=CC1(N2CCc3ccccc3C2CCN2CCC(Cc3ccccc3)CC2)CCCCCC1. The summed E-state index contributed by atoms with van der Waals surface area (Å²) in [6.45, 7) is 4.59. The van der Waals surface area contributed by atoms with Crippen LogP contribution < -0.4 is 0 Å². The lowest BCUT2D eigenvalue weighted by atomic mass is 9.82. The largest absolute Gasteiger partial charge is 0.303 e. The number of piperidine rings is 1. The monoisotopic (exact) mass is 458 g/mol. The Morgan fingerprint density at radius 3 is 2.29 bits per heavy atom. The van der Waals surface area contributed by atoms with E-state index in [1.807, 2.05) is 0 Å². The Bertz CT molecular complexity index is 910. The van der Waals surface area contributed by atoms with Gasteiger partial charge in [0, 0.05) is 12.6 Å². The molecule has 1 saturated carbocycles. The van der Waals surface area contributed by atoms with E-state index in [0.29, 0.717) is 6.04 Å². The molecule has 3 heteroatoms. The third-order valence-electron chi connectivity index (χ3n) is 8.97. The number of fused-ring (bicyclic) bond motifs is 1. The van der Waals surface area contributed by atoms with Crippen molar-refractivity contribution in [2.45, 2.75) is 82.2 Å². The molecule has 1 saturated heterocycles. The highest BCUT2D eigenvalue weighted by Crippen LogP contribution is 2.42. The molecule has 0 aromatic heterocycles. The van der Waals surface area contributed by atoms with E-state index in [2.05, 4.69) is 64.4 Å². The maximum absolute atomic E-state index is 12.6. The predicted molar refractivity (Wildman–Crippen MR) is 140 cm³/mol. The number of carbonyl (C=O) groups excluding carboxylic acids is 1. The van der Waals surface area contributed by atoms with E-state index < -0.39 is 0 Å². The summed E-state index contributed by atoms with van der Waals surface area (Å²) in [4.78, 5) is 18.0. The second-order valence-corrected chi connectivity index (χ2v) is 11.1. The normalized spacial score (nSPS) is 24.3. The fraction of sp³-hybridized carbons (Fsp3) is 0.581. The van der Waals surface area contributed by atoms with Crippen molar-refractivity contribution in [3.8, 4) is 0 Å². The minimum Gasteiger partial charge on any atom is -0.303 e. The van der Waals surface area contributed by atoms with Crippen molar-refractivity contribution in [1.82, 2.24) is 9.80 Å². The molecule has 2 heterocycles. The van der Waals surface area contributed by atoms with E-state index in [0.717, 1.165) is 44.7 Å². The molecule has 182 valence electrons. The molecule has 0 amide bonds. The van der Waals surface area contributed by atoms with Crippen molar-refractivity contribution in [3.05, 3.63) is 71.3 Å². The fourth-order valence-electron chi connectivity index (χ4n) is 6.98. The van der Waals surface area contributed by atoms with Crippen molar-refractivity contribution < 1.29 is 4.79 Å². The first-order valence-electron chi connectivity index (χ1n) is 13.8. The molecule has 1 atom stereocenters. The molecule has 1 aliphatic carbocycles. The van der Waals surface area contributed by atoms with Crippen LogP contribution >= 0.6 is 0 Å². The highest BCUT2D eigenvalue weighted by Gasteiger charge is 2.43. The molecule has 0 N–H and O–H groups in total. The van der Waals surface area contributed by atoms with Crippen molar-refractivity contribution in [1.29, 1.82) is 0 Å². The summed E-state index contributed by atoms with van der Waals surface area (Å²) >= 11 is 0. The summed E-state index contributed by atoms with van der Waals surface area (Å²) in [6.07, 6.45) is 14.4. The molecule has 3 aliphatic rings. The standard InChI is InChI=1S/C31H42N2O/c34-25-31(18-8-1-2-9-19-31)33-23-16-28-12-6-7-13-29(28)30(33)17-22-32-20-14-27(15-21-32)24-26-10-4-3-5-11-26/h3-7,10-13,25,27,30H,1-2,8-9,14-24H2. The van der Waals surface area contributed by atoms with E-state index in [1.165, 1.54) is 81.0 Å². The van der Waals surface area contributed by atoms with E-state index in [1.54, 1.807) is 0 Å². The van der Waals surface area contributed by atoms with Crippen molar-refractivity contribution >= 4 is 6.29 Å². The zero-order chi connectivity index (χ0) is 23.2. The van der Waals surface area contributed by atoms with E-state index in [-0.39, 0.29) is 5.54 Å². The maximum atomic E-state index is 12.6. The molecule has 5 rings (SSSR count). The molecule has 0 spiro atoms. The molecule has 0 bridgehead atoms. The van der Waals surface area contributed by atoms with Gasteiger partial charge < -0.3 is 9.69 Å². The highest BCUT2D eigenvalue weighted by molar-refractivity contribution is 5.65. The van der Waals surface area contributed by atoms with Gasteiger partial charge in [-0.3, -0.25) is 4.90 Å². The van der Waals surface area contributed by atoms with Gasteiger partial charge >= 0.3 is 0 Å². The molecule has 2 aliphatic heterocycles. The number of likely N-dealkylation sites (tertiary alicyclic amines) is 1. The Labute approximate surface area is 206 Å². The zero-order valence-electron chi connectivity index (χ0n) is 20.8. The van der Waals surface area contributed by atoms with Crippen LogP contribution in [0.3, 0.4) is 0 Å². The average Bonchev–Trinajstić information content (AvgIpc) is 3.15. The Morgan fingerprint density at radius 2 is 1.56 bits per heavy atom. The lowest BCUT2D eigenvalue weighted by Crippen LogP contribution is -2.54. The average molecular weight is 459 g/mol. The van der Waals surface area contributed by atoms with Crippen LogP contribution in [0.15, 0.2) is 54.6 Å². The summed E-state index contributed by atoms with van der Waals surface area (Å²) in [7, 11) is 0. The van der Waals surface area contributed by atoms with Gasteiger partial charge in [0.2, 0.25) is 0 Å². The van der Waals surface area contributed by atoms with Gasteiger partial charge in [-0.2, -0.15) is 0 Å². The number of nitrogens with zero attached hydrogens (tertiary/aromatic N) is 2. The fourth-order valence-corrected chi connectivity index (χ4v) is 6.98. The Hall–Kier alpha value is -1.97. The van der Waals surface area contributed by atoms with Gasteiger partial charge in [0.25, 0.3) is 0 Å². The van der Waals surface area contributed by atoms with Crippen LogP contribution in [-0.2, 0) is 17.6 Å². The number of hydrogen-bond acceptors (Lipinski definition) is 3. The first-order chi connectivity index (χ1) is 16.8. The third kappa shape index (κ3) is 5.31. The van der Waals surface area contributed by atoms with E-state index >= 15 is 0 Å². The Morgan fingerprint density at radius 1 is 0.853 bits per heavy atom. The molecule has 2 aromatic rings. The van der Waals surface area contributed by atoms with Crippen LogP contribution in [0.25, 0.3) is 0 Å². The van der Waals surface area contributed by atoms with Crippen LogP contribution in [-0.4, -0.2) is 47.8 Å². The molecule has 2 aromatic carbocycles. The molecule has 2 fully saturated rings. The number of hydrogen-bond donors (Lipinski definition) is 0. The summed E-state index contributed by atoms with van der Waals surface area (Å²) in [6, 6.07) is 20.4. The molecule has 0 radical (unpaired) electrons. The first-order valence-corrected chi connectivity index (χ1v) is 13.8. The topological polar surface area (TPSA) is 23.6 Å². The van der Waals surface area contributed by atoms with Gasteiger partial charge in [-0.25, -0.2) is 0 Å². The van der Waals surface area contributed by atoms with Crippen LogP contribution in [0.1, 0.15) is 80.5 Å². The molecular formula is C31H42N2O. The lowest BCUT2D eigenvalue weighted by molar-refractivity contribution is -0.122. The van der Waals surface area contributed by atoms with E-state index in [9.17, 15) is 4.79 Å². The van der Waals surface area contributed by atoms with Crippen LogP contribution in [0.4, 0.5) is 0 Å². The van der Waals surface area contributed by atoms with Crippen molar-refractivity contribution in [2.75, 3.05) is 26.2 Å². The van der Waals surface area contributed by atoms with Crippen molar-refractivity contribution in [3.63, 3.8) is 0 Å². The number of aldehydes is 1. The van der Waals surface area contributed by atoms with Crippen LogP contribution in [0.5, 0.6) is 0 Å². The second kappa shape index (κ2) is 11.2. The number of rotatable bonds is 7. The third-order valence-corrected chi connectivity index (χ3v) is 8.97. The highest BCUT2D eigenvalue weighted by atomic mass is 16.1. The maximum Gasteiger partial charge on any atom is 0.140 e. The van der Waals surface area contributed by atoms with Crippen molar-refractivity contribution in [2.24, 2.45) is 5.92 Å². The minimum absolute atomic E-state index is 0.253. The van der Waals surface area contributed by atoms with Gasteiger partial charge in [-0.05, 0) is 87.2 Å². The summed E-state index contributed by atoms with van der Waals surface area (Å²) in [5.74, 6) is 0.815. The van der Waals surface area contributed by atoms with Gasteiger partial charge in [-0.15, -0.1) is 0 Å². The zero-order valence-corrected chi connectivity index (χ0v) is 20.8. The summed E-state index contributed by atoms with van der Waals surface area (Å²) < 4.78 is 0. The lowest BCUT2D eigenvalue weighted by Gasteiger charge is -2.48.